The standard InChI is InChI=1S/C12H12F6N2O/c1-19-2-3-20-10(21)7-4-8(11(13,14)15)6-9(5-7)12(16,17)18/h4-6,19H,2-3H2,1H3,(H,20,21). The molecule has 0 fully saturated rings. The molecule has 0 aliphatic carbocycles. The Bertz CT molecular complexity index is 477. The molecule has 21 heavy (non-hydrogen) atoms. The van der Waals surface area contributed by atoms with E-state index in [9.17, 15) is 31.1 Å². The van der Waals surface area contributed by atoms with Crippen molar-refractivity contribution in [2.24, 2.45) is 0 Å². The van der Waals surface area contributed by atoms with Crippen LogP contribution in [0.5, 0.6) is 0 Å². The van der Waals surface area contributed by atoms with Crippen LogP contribution in [0.3, 0.4) is 0 Å². The van der Waals surface area contributed by atoms with E-state index in [0.29, 0.717) is 18.7 Å². The van der Waals surface area contributed by atoms with Gasteiger partial charge in [0.05, 0.1) is 11.1 Å². The normalized spacial score (nSPS) is 12.3. The van der Waals surface area contributed by atoms with Crippen LogP contribution in [0.15, 0.2) is 18.2 Å². The van der Waals surface area contributed by atoms with Gasteiger partial charge in [0, 0.05) is 18.7 Å². The number of carbonyl (C=O) groups excluding carboxylic acids is 1. The van der Waals surface area contributed by atoms with Crippen LogP contribution in [0, 0.1) is 0 Å². The average molecular weight is 314 g/mol. The van der Waals surface area contributed by atoms with Gasteiger partial charge in [-0.05, 0) is 25.2 Å². The van der Waals surface area contributed by atoms with Gasteiger partial charge in [-0.2, -0.15) is 26.3 Å². The minimum Gasteiger partial charge on any atom is -0.351 e. The monoisotopic (exact) mass is 314 g/mol. The fraction of sp³-hybridized carbons (Fsp3) is 0.417. The van der Waals surface area contributed by atoms with E-state index >= 15 is 0 Å². The van der Waals surface area contributed by atoms with Crippen LogP contribution in [-0.2, 0) is 12.4 Å². The molecule has 0 radical (unpaired) electrons. The molecule has 0 aromatic heterocycles. The first-order valence-electron chi connectivity index (χ1n) is 5.78. The van der Waals surface area contributed by atoms with Gasteiger partial charge < -0.3 is 10.6 Å². The van der Waals surface area contributed by atoms with Crippen molar-refractivity contribution in [1.29, 1.82) is 0 Å². The second kappa shape index (κ2) is 6.33. The molecule has 0 aliphatic heterocycles. The Balaban J connectivity index is 3.17. The lowest BCUT2D eigenvalue weighted by molar-refractivity contribution is -0.143. The highest BCUT2D eigenvalue weighted by molar-refractivity contribution is 5.94. The zero-order chi connectivity index (χ0) is 16.3. The van der Waals surface area contributed by atoms with E-state index in [1.807, 2.05) is 0 Å². The first-order valence-corrected chi connectivity index (χ1v) is 5.78. The van der Waals surface area contributed by atoms with E-state index in [2.05, 4.69) is 10.6 Å². The van der Waals surface area contributed by atoms with Crippen molar-refractivity contribution in [1.82, 2.24) is 10.6 Å². The van der Waals surface area contributed by atoms with Crippen LogP contribution in [0.4, 0.5) is 26.3 Å². The molecule has 1 rings (SSSR count). The van der Waals surface area contributed by atoms with Gasteiger partial charge in [0.1, 0.15) is 0 Å². The van der Waals surface area contributed by atoms with E-state index in [0.717, 1.165) is 0 Å². The lowest BCUT2D eigenvalue weighted by Crippen LogP contribution is -2.30. The Hall–Kier alpha value is -1.77. The molecule has 0 saturated heterocycles. The van der Waals surface area contributed by atoms with E-state index in [-0.39, 0.29) is 12.6 Å². The van der Waals surface area contributed by atoms with Crippen molar-refractivity contribution >= 4 is 5.91 Å². The molecule has 1 amide bonds. The van der Waals surface area contributed by atoms with E-state index in [1.165, 1.54) is 0 Å². The second-order valence-electron chi connectivity index (χ2n) is 4.15. The Morgan fingerprint density at radius 3 is 1.81 bits per heavy atom. The molecule has 0 spiro atoms. The molecule has 118 valence electrons. The van der Waals surface area contributed by atoms with Gasteiger partial charge in [-0.25, -0.2) is 0 Å². The fourth-order valence-electron chi connectivity index (χ4n) is 1.49. The SMILES string of the molecule is CNCCNC(=O)c1cc(C(F)(F)F)cc(C(F)(F)F)c1. The highest BCUT2D eigenvalue weighted by Crippen LogP contribution is 2.36. The summed E-state index contributed by atoms with van der Waals surface area (Å²) in [5.74, 6) is -0.998. The molecule has 0 aliphatic rings. The third-order valence-corrected chi connectivity index (χ3v) is 2.51. The Labute approximate surface area is 116 Å². The smallest absolute Gasteiger partial charge is 0.351 e. The van der Waals surface area contributed by atoms with Crippen LogP contribution in [-0.4, -0.2) is 26.0 Å². The summed E-state index contributed by atoms with van der Waals surface area (Å²) in [5.41, 5.74) is -3.72. The molecule has 9 heteroatoms. The minimum atomic E-state index is -4.97. The quantitative estimate of drug-likeness (QED) is 0.663. The molecular weight excluding hydrogens is 302 g/mol. The van der Waals surface area contributed by atoms with Gasteiger partial charge >= 0.3 is 12.4 Å². The lowest BCUT2D eigenvalue weighted by Gasteiger charge is -2.14. The van der Waals surface area contributed by atoms with Gasteiger partial charge in [0.15, 0.2) is 0 Å². The van der Waals surface area contributed by atoms with Crippen LogP contribution in [0.25, 0.3) is 0 Å². The van der Waals surface area contributed by atoms with Gasteiger partial charge in [0.2, 0.25) is 0 Å². The number of halogens is 6. The van der Waals surface area contributed by atoms with E-state index in [1.54, 1.807) is 7.05 Å². The predicted molar refractivity (Wildman–Crippen MR) is 62.7 cm³/mol. The predicted octanol–water partition coefficient (Wildman–Crippen LogP) is 2.67. The maximum Gasteiger partial charge on any atom is 0.416 e. The Kier molecular flexibility index (Phi) is 5.21. The van der Waals surface area contributed by atoms with Gasteiger partial charge in [-0.3, -0.25) is 4.79 Å². The average Bonchev–Trinajstić information content (AvgIpc) is 2.36. The third kappa shape index (κ3) is 4.92. The Morgan fingerprint density at radius 1 is 0.952 bits per heavy atom. The highest BCUT2D eigenvalue weighted by atomic mass is 19.4. The minimum absolute atomic E-state index is 0.0234. The zero-order valence-electron chi connectivity index (χ0n) is 10.8. The van der Waals surface area contributed by atoms with Crippen LogP contribution >= 0.6 is 0 Å². The first kappa shape index (κ1) is 17.3. The largest absolute Gasteiger partial charge is 0.416 e. The molecule has 2 N–H and O–H groups in total. The summed E-state index contributed by atoms with van der Waals surface area (Å²) in [6.07, 6.45) is -9.94. The van der Waals surface area contributed by atoms with Crippen molar-refractivity contribution in [2.45, 2.75) is 12.4 Å². The van der Waals surface area contributed by atoms with Crippen molar-refractivity contribution in [3.05, 3.63) is 34.9 Å². The number of rotatable bonds is 4. The summed E-state index contributed by atoms with van der Waals surface area (Å²) in [6, 6.07) is 0.762. The molecular formula is C12H12F6N2O. The molecule has 1 aromatic carbocycles. The number of nitrogens with one attached hydrogen (secondary N) is 2. The lowest BCUT2D eigenvalue weighted by atomic mass is 10.0. The number of carbonyl (C=O) groups is 1. The molecule has 1 aromatic rings. The molecule has 0 unspecified atom stereocenters. The second-order valence-corrected chi connectivity index (χ2v) is 4.15. The van der Waals surface area contributed by atoms with Crippen LogP contribution in [0.1, 0.15) is 21.5 Å². The summed E-state index contributed by atoms with van der Waals surface area (Å²) in [5, 5.41) is 4.89. The number of alkyl halides is 6. The third-order valence-electron chi connectivity index (χ3n) is 2.51. The summed E-state index contributed by atoms with van der Waals surface area (Å²) in [6.45, 7) is 0.407. The number of likely N-dealkylation sites (N-methyl/N-ethyl adjacent to an activating group) is 1. The van der Waals surface area contributed by atoms with Crippen molar-refractivity contribution in [3.8, 4) is 0 Å². The van der Waals surface area contributed by atoms with Gasteiger partial charge in [-0.15, -0.1) is 0 Å². The van der Waals surface area contributed by atoms with E-state index in [4.69, 9.17) is 0 Å². The maximum absolute atomic E-state index is 12.6. The maximum atomic E-state index is 12.6. The van der Waals surface area contributed by atoms with Crippen molar-refractivity contribution in [3.63, 3.8) is 0 Å². The summed E-state index contributed by atoms with van der Waals surface area (Å²) in [4.78, 5) is 11.6. The number of benzene rings is 1. The number of hydrogen-bond acceptors (Lipinski definition) is 2. The number of amides is 1. The summed E-state index contributed by atoms with van der Waals surface area (Å²) in [7, 11) is 1.58. The topological polar surface area (TPSA) is 41.1 Å². The number of hydrogen-bond donors (Lipinski definition) is 2. The first-order chi connectivity index (χ1) is 9.55. The molecule has 0 heterocycles. The molecule has 0 saturated carbocycles. The molecule has 0 bridgehead atoms. The molecule has 3 nitrogen and oxygen atoms in total. The Morgan fingerprint density at radius 2 is 1.43 bits per heavy atom. The summed E-state index contributed by atoms with van der Waals surface area (Å²) >= 11 is 0. The highest BCUT2D eigenvalue weighted by Gasteiger charge is 2.37. The van der Waals surface area contributed by atoms with Crippen molar-refractivity contribution in [2.75, 3.05) is 20.1 Å². The van der Waals surface area contributed by atoms with Crippen LogP contribution < -0.4 is 10.6 Å². The van der Waals surface area contributed by atoms with E-state index < -0.39 is 35.0 Å². The zero-order valence-corrected chi connectivity index (χ0v) is 10.8. The molecule has 0 atom stereocenters. The summed E-state index contributed by atoms with van der Waals surface area (Å²) < 4.78 is 75.6. The van der Waals surface area contributed by atoms with Gasteiger partial charge in [-0.1, -0.05) is 0 Å². The van der Waals surface area contributed by atoms with Gasteiger partial charge in [0.25, 0.3) is 5.91 Å². The van der Waals surface area contributed by atoms with Crippen LogP contribution in [0.2, 0.25) is 0 Å². The van der Waals surface area contributed by atoms with Crippen molar-refractivity contribution < 1.29 is 31.1 Å². The fourth-order valence-corrected chi connectivity index (χ4v) is 1.49.